The first kappa shape index (κ1) is 13.7. The summed E-state index contributed by atoms with van der Waals surface area (Å²) in [5, 5.41) is 7.38. The maximum Gasteiger partial charge on any atom is 0.251 e. The molecule has 1 aromatic heterocycles. The lowest BCUT2D eigenvalue weighted by atomic mass is 9.97. The standard InChI is InChI=1S/C18H14FN3O/c19-14-2-4-15(5-3-14)22-10-8-17(21-22)13-1-6-16-12(11-13)7-9-20-18(16)23/h1-6,8,10-11H,7,9H2,(H,20,23). The van der Waals surface area contributed by atoms with Gasteiger partial charge in [0, 0.05) is 23.9 Å². The summed E-state index contributed by atoms with van der Waals surface area (Å²) in [6, 6.07) is 13.9. The molecule has 4 nitrogen and oxygen atoms in total. The molecule has 23 heavy (non-hydrogen) atoms. The summed E-state index contributed by atoms with van der Waals surface area (Å²) in [7, 11) is 0. The highest BCUT2D eigenvalue weighted by atomic mass is 19.1. The zero-order chi connectivity index (χ0) is 15.8. The van der Waals surface area contributed by atoms with E-state index in [9.17, 15) is 9.18 Å². The lowest BCUT2D eigenvalue weighted by molar-refractivity contribution is 0.0946. The maximum absolute atomic E-state index is 13.0. The van der Waals surface area contributed by atoms with Crippen LogP contribution in [-0.2, 0) is 6.42 Å². The molecule has 0 saturated heterocycles. The minimum atomic E-state index is -0.269. The van der Waals surface area contributed by atoms with Gasteiger partial charge in [0.05, 0.1) is 11.4 Å². The van der Waals surface area contributed by atoms with E-state index in [0.717, 1.165) is 34.5 Å². The highest BCUT2D eigenvalue weighted by Crippen LogP contribution is 2.24. The van der Waals surface area contributed by atoms with E-state index in [0.29, 0.717) is 6.54 Å². The largest absolute Gasteiger partial charge is 0.352 e. The number of fused-ring (bicyclic) bond motifs is 1. The SMILES string of the molecule is O=C1NCCc2cc(-c3ccn(-c4ccc(F)cc4)n3)ccc21. The van der Waals surface area contributed by atoms with Gasteiger partial charge in [-0.2, -0.15) is 5.10 Å². The first-order valence-corrected chi connectivity index (χ1v) is 7.44. The van der Waals surface area contributed by atoms with Crippen molar-refractivity contribution in [2.45, 2.75) is 6.42 Å². The fourth-order valence-electron chi connectivity index (χ4n) is 2.80. The molecule has 0 bridgehead atoms. The minimum Gasteiger partial charge on any atom is -0.352 e. The van der Waals surface area contributed by atoms with Crippen LogP contribution in [0.4, 0.5) is 4.39 Å². The predicted molar refractivity (Wildman–Crippen MR) is 85.0 cm³/mol. The summed E-state index contributed by atoms with van der Waals surface area (Å²) in [6.45, 7) is 0.666. The number of amides is 1. The summed E-state index contributed by atoms with van der Waals surface area (Å²) in [5.74, 6) is -0.288. The number of aromatic nitrogens is 2. The van der Waals surface area contributed by atoms with Crippen molar-refractivity contribution in [3.8, 4) is 16.9 Å². The molecule has 0 saturated carbocycles. The Morgan fingerprint density at radius 3 is 2.74 bits per heavy atom. The molecular formula is C18H14FN3O. The van der Waals surface area contributed by atoms with Gasteiger partial charge in [-0.1, -0.05) is 6.07 Å². The number of halogens is 1. The van der Waals surface area contributed by atoms with Crippen molar-refractivity contribution in [3.05, 3.63) is 71.7 Å². The molecule has 0 unspecified atom stereocenters. The molecule has 0 aliphatic carbocycles. The van der Waals surface area contributed by atoms with Gasteiger partial charge in [0.2, 0.25) is 0 Å². The fraction of sp³-hybridized carbons (Fsp3) is 0.111. The molecule has 5 heteroatoms. The number of nitrogens with one attached hydrogen (secondary N) is 1. The summed E-state index contributed by atoms with van der Waals surface area (Å²) >= 11 is 0. The Bertz CT molecular complexity index is 884. The molecule has 1 aliphatic rings. The van der Waals surface area contributed by atoms with Crippen molar-refractivity contribution in [1.82, 2.24) is 15.1 Å². The van der Waals surface area contributed by atoms with Crippen molar-refractivity contribution in [3.63, 3.8) is 0 Å². The molecule has 3 aromatic rings. The van der Waals surface area contributed by atoms with E-state index in [-0.39, 0.29) is 11.7 Å². The normalized spacial score (nSPS) is 13.5. The number of hydrogen-bond acceptors (Lipinski definition) is 2. The molecule has 114 valence electrons. The highest BCUT2D eigenvalue weighted by molar-refractivity contribution is 5.97. The number of hydrogen-bond donors (Lipinski definition) is 1. The Labute approximate surface area is 132 Å². The summed E-state index contributed by atoms with van der Waals surface area (Å²) in [6.07, 6.45) is 2.67. The van der Waals surface area contributed by atoms with Gasteiger partial charge in [-0.25, -0.2) is 9.07 Å². The van der Waals surface area contributed by atoms with Crippen molar-refractivity contribution < 1.29 is 9.18 Å². The quantitative estimate of drug-likeness (QED) is 0.791. The smallest absolute Gasteiger partial charge is 0.251 e. The Hall–Kier alpha value is -2.95. The second-order valence-electron chi connectivity index (χ2n) is 5.50. The van der Waals surface area contributed by atoms with Gasteiger partial charge in [0.25, 0.3) is 5.91 Å². The van der Waals surface area contributed by atoms with E-state index in [1.807, 2.05) is 30.5 Å². The van der Waals surface area contributed by atoms with Gasteiger partial charge < -0.3 is 5.32 Å². The fourth-order valence-corrected chi connectivity index (χ4v) is 2.80. The minimum absolute atomic E-state index is 0.0189. The van der Waals surface area contributed by atoms with Crippen LogP contribution in [-0.4, -0.2) is 22.2 Å². The van der Waals surface area contributed by atoms with Crippen LogP contribution in [0.3, 0.4) is 0 Å². The van der Waals surface area contributed by atoms with Crippen LogP contribution in [0.25, 0.3) is 16.9 Å². The van der Waals surface area contributed by atoms with Crippen LogP contribution < -0.4 is 5.32 Å². The predicted octanol–water partition coefficient (Wildman–Crippen LogP) is 2.96. The van der Waals surface area contributed by atoms with Crippen LogP contribution in [0.5, 0.6) is 0 Å². The lowest BCUT2D eigenvalue weighted by Gasteiger charge is -2.16. The first-order chi connectivity index (χ1) is 11.2. The van der Waals surface area contributed by atoms with Crippen LogP contribution in [0.1, 0.15) is 15.9 Å². The third kappa shape index (κ3) is 2.50. The molecule has 1 amide bonds. The molecule has 0 atom stereocenters. The number of rotatable bonds is 2. The number of carbonyl (C=O) groups is 1. The first-order valence-electron chi connectivity index (χ1n) is 7.44. The van der Waals surface area contributed by atoms with Gasteiger partial charge in [0.1, 0.15) is 5.82 Å². The number of benzene rings is 2. The topological polar surface area (TPSA) is 46.9 Å². The molecule has 0 fully saturated rings. The molecular weight excluding hydrogens is 293 g/mol. The van der Waals surface area contributed by atoms with Crippen molar-refractivity contribution >= 4 is 5.91 Å². The van der Waals surface area contributed by atoms with Gasteiger partial charge in [0.15, 0.2) is 0 Å². The van der Waals surface area contributed by atoms with Gasteiger partial charge in [-0.05, 0) is 54.4 Å². The van der Waals surface area contributed by atoms with Crippen LogP contribution in [0.15, 0.2) is 54.7 Å². The second-order valence-corrected chi connectivity index (χ2v) is 5.50. The molecule has 2 heterocycles. The summed E-state index contributed by atoms with van der Waals surface area (Å²) in [5.41, 5.74) is 4.37. The molecule has 0 spiro atoms. The van der Waals surface area contributed by atoms with E-state index in [4.69, 9.17) is 0 Å². The lowest BCUT2D eigenvalue weighted by Crippen LogP contribution is -2.31. The highest BCUT2D eigenvalue weighted by Gasteiger charge is 2.17. The van der Waals surface area contributed by atoms with Gasteiger partial charge >= 0.3 is 0 Å². The average Bonchev–Trinajstić information content (AvgIpc) is 3.05. The molecule has 1 N–H and O–H groups in total. The zero-order valence-corrected chi connectivity index (χ0v) is 12.3. The third-order valence-corrected chi connectivity index (χ3v) is 4.01. The molecule has 1 aliphatic heterocycles. The molecule has 0 radical (unpaired) electrons. The van der Waals surface area contributed by atoms with E-state index < -0.39 is 0 Å². The Balaban J connectivity index is 1.69. The Kier molecular flexibility index (Phi) is 3.19. The van der Waals surface area contributed by atoms with Crippen molar-refractivity contribution in [2.75, 3.05) is 6.54 Å². The Morgan fingerprint density at radius 2 is 1.91 bits per heavy atom. The van der Waals surface area contributed by atoms with E-state index in [1.165, 1.54) is 12.1 Å². The Morgan fingerprint density at radius 1 is 1.09 bits per heavy atom. The van der Waals surface area contributed by atoms with Gasteiger partial charge in [-0.3, -0.25) is 4.79 Å². The van der Waals surface area contributed by atoms with Crippen LogP contribution >= 0.6 is 0 Å². The number of nitrogens with zero attached hydrogens (tertiary/aromatic N) is 2. The third-order valence-electron chi connectivity index (χ3n) is 4.01. The van der Waals surface area contributed by atoms with Crippen LogP contribution in [0.2, 0.25) is 0 Å². The van der Waals surface area contributed by atoms with E-state index >= 15 is 0 Å². The second kappa shape index (κ2) is 5.35. The summed E-state index contributed by atoms with van der Waals surface area (Å²) < 4.78 is 14.7. The number of carbonyl (C=O) groups excluding carboxylic acids is 1. The average molecular weight is 307 g/mol. The van der Waals surface area contributed by atoms with Crippen LogP contribution in [0, 0.1) is 5.82 Å². The molecule has 4 rings (SSSR count). The molecule has 2 aromatic carbocycles. The van der Waals surface area contributed by atoms with Crippen molar-refractivity contribution in [1.29, 1.82) is 0 Å². The van der Waals surface area contributed by atoms with Gasteiger partial charge in [-0.15, -0.1) is 0 Å². The monoisotopic (exact) mass is 307 g/mol. The van der Waals surface area contributed by atoms with Crippen molar-refractivity contribution in [2.24, 2.45) is 0 Å². The zero-order valence-electron chi connectivity index (χ0n) is 12.3. The van der Waals surface area contributed by atoms with E-state index in [2.05, 4.69) is 10.4 Å². The summed E-state index contributed by atoms with van der Waals surface area (Å²) in [4.78, 5) is 11.8. The van der Waals surface area contributed by atoms with E-state index in [1.54, 1.807) is 16.8 Å². The maximum atomic E-state index is 13.0.